The summed E-state index contributed by atoms with van der Waals surface area (Å²) in [4.78, 5) is 15.4. The van der Waals surface area contributed by atoms with Crippen LogP contribution < -0.4 is 5.32 Å². The second kappa shape index (κ2) is 6.68. The van der Waals surface area contributed by atoms with E-state index in [1.807, 2.05) is 6.92 Å². The lowest BCUT2D eigenvalue weighted by Gasteiger charge is -2.12. The molecule has 8 heteroatoms. The van der Waals surface area contributed by atoms with Gasteiger partial charge in [0.15, 0.2) is 11.5 Å². The van der Waals surface area contributed by atoms with E-state index in [1.165, 1.54) is 24.5 Å². The lowest BCUT2D eigenvalue weighted by molar-refractivity contribution is 0.0690. The Morgan fingerprint density at radius 2 is 2.08 bits per heavy atom. The first-order valence-corrected chi connectivity index (χ1v) is 7.63. The van der Waals surface area contributed by atoms with Crippen molar-refractivity contribution in [3.63, 3.8) is 0 Å². The maximum absolute atomic E-state index is 13.8. The molecule has 2 heterocycles. The molecule has 1 aromatic carbocycles. The van der Waals surface area contributed by atoms with Crippen LogP contribution in [0.2, 0.25) is 0 Å². The fourth-order valence-corrected chi connectivity index (χ4v) is 2.55. The number of aromatic carboxylic acids is 1. The number of benzene rings is 1. The monoisotopic (exact) mass is 341 g/mol. The minimum absolute atomic E-state index is 0.0957. The third-order valence-electron chi connectivity index (χ3n) is 3.65. The van der Waals surface area contributed by atoms with E-state index in [4.69, 9.17) is 0 Å². The normalized spacial score (nSPS) is 10.7. The largest absolute Gasteiger partial charge is 0.477 e. The number of nitrogens with one attached hydrogen (secondary N) is 1. The van der Waals surface area contributed by atoms with Gasteiger partial charge in [0.1, 0.15) is 18.0 Å². The number of aromatic nitrogens is 4. The Hall–Kier alpha value is -3.29. The molecule has 2 aromatic heterocycles. The minimum atomic E-state index is -1.14. The summed E-state index contributed by atoms with van der Waals surface area (Å²) >= 11 is 0. The molecular weight excluding hydrogens is 325 g/mol. The Morgan fingerprint density at radius 3 is 2.72 bits per heavy atom. The van der Waals surface area contributed by atoms with E-state index in [0.717, 1.165) is 0 Å². The molecule has 0 saturated heterocycles. The standard InChI is InChI=1S/C17H16FN5O2/c1-3-19-15-7-10(6-14(21-15)17(24)25)12-5-4-11(18)8-13(12)16-22-20-9-23(16)2/h4-9H,3H2,1-2H3,(H,19,21)(H,24,25). The van der Waals surface area contributed by atoms with E-state index >= 15 is 0 Å². The molecule has 0 bridgehead atoms. The zero-order valence-electron chi connectivity index (χ0n) is 13.7. The minimum Gasteiger partial charge on any atom is -0.477 e. The quantitative estimate of drug-likeness (QED) is 0.741. The summed E-state index contributed by atoms with van der Waals surface area (Å²) in [5.74, 6) is -0.636. The van der Waals surface area contributed by atoms with Crippen molar-refractivity contribution in [3.05, 3.63) is 48.2 Å². The summed E-state index contributed by atoms with van der Waals surface area (Å²) in [6.45, 7) is 2.48. The Morgan fingerprint density at radius 1 is 1.28 bits per heavy atom. The molecule has 0 aliphatic rings. The van der Waals surface area contributed by atoms with Crippen molar-refractivity contribution in [2.45, 2.75) is 6.92 Å². The van der Waals surface area contributed by atoms with Gasteiger partial charge in [-0.1, -0.05) is 6.07 Å². The molecule has 3 rings (SSSR count). The van der Waals surface area contributed by atoms with E-state index in [-0.39, 0.29) is 5.69 Å². The van der Waals surface area contributed by atoms with E-state index in [1.54, 1.807) is 23.7 Å². The number of pyridine rings is 1. The van der Waals surface area contributed by atoms with Crippen LogP contribution in [0.3, 0.4) is 0 Å². The number of aryl methyl sites for hydroxylation is 1. The summed E-state index contributed by atoms with van der Waals surface area (Å²) in [5, 5.41) is 20.2. The molecule has 128 valence electrons. The first-order valence-electron chi connectivity index (χ1n) is 7.63. The highest BCUT2D eigenvalue weighted by Crippen LogP contribution is 2.33. The van der Waals surface area contributed by atoms with Crippen LogP contribution in [0.4, 0.5) is 10.2 Å². The Kier molecular flexibility index (Phi) is 4.42. The topological polar surface area (TPSA) is 92.9 Å². The van der Waals surface area contributed by atoms with E-state index in [9.17, 15) is 14.3 Å². The SMILES string of the molecule is CCNc1cc(-c2ccc(F)cc2-c2nncn2C)cc(C(=O)O)n1. The van der Waals surface area contributed by atoms with Crippen LogP contribution in [0.1, 0.15) is 17.4 Å². The molecule has 7 nitrogen and oxygen atoms in total. The highest BCUT2D eigenvalue weighted by Gasteiger charge is 2.16. The molecule has 2 N–H and O–H groups in total. The molecule has 0 aliphatic carbocycles. The van der Waals surface area contributed by atoms with Gasteiger partial charge in [0.2, 0.25) is 0 Å². The maximum atomic E-state index is 13.8. The van der Waals surface area contributed by atoms with Crippen LogP contribution in [-0.4, -0.2) is 37.4 Å². The van der Waals surface area contributed by atoms with Gasteiger partial charge in [-0.3, -0.25) is 0 Å². The van der Waals surface area contributed by atoms with Crippen LogP contribution in [-0.2, 0) is 7.05 Å². The van der Waals surface area contributed by atoms with Crippen LogP contribution in [0.5, 0.6) is 0 Å². The third-order valence-corrected chi connectivity index (χ3v) is 3.65. The van der Waals surface area contributed by atoms with Gasteiger partial charge in [-0.15, -0.1) is 10.2 Å². The highest BCUT2D eigenvalue weighted by atomic mass is 19.1. The van der Waals surface area contributed by atoms with Crippen molar-refractivity contribution in [2.75, 3.05) is 11.9 Å². The lowest BCUT2D eigenvalue weighted by atomic mass is 9.98. The van der Waals surface area contributed by atoms with Crippen molar-refractivity contribution in [2.24, 2.45) is 7.05 Å². The number of halogens is 1. The number of hydrogen-bond donors (Lipinski definition) is 2. The predicted molar refractivity (Wildman–Crippen MR) is 90.8 cm³/mol. The second-order valence-electron chi connectivity index (χ2n) is 5.42. The molecule has 25 heavy (non-hydrogen) atoms. The number of nitrogens with zero attached hydrogens (tertiary/aromatic N) is 4. The number of anilines is 1. The number of rotatable bonds is 5. The molecule has 0 amide bonds. The maximum Gasteiger partial charge on any atom is 0.354 e. The summed E-state index contributed by atoms with van der Waals surface area (Å²) in [7, 11) is 1.75. The van der Waals surface area contributed by atoms with Gasteiger partial charge in [-0.2, -0.15) is 0 Å². The van der Waals surface area contributed by atoms with E-state index in [2.05, 4.69) is 20.5 Å². The molecular formula is C17H16FN5O2. The second-order valence-corrected chi connectivity index (χ2v) is 5.42. The predicted octanol–water partition coefficient (Wildman–Crippen LogP) is 2.81. The fraction of sp³-hybridized carbons (Fsp3) is 0.176. The van der Waals surface area contributed by atoms with Gasteiger partial charge in [-0.25, -0.2) is 14.2 Å². The van der Waals surface area contributed by atoms with Crippen molar-refractivity contribution in [1.29, 1.82) is 0 Å². The van der Waals surface area contributed by atoms with Crippen LogP contribution in [0.15, 0.2) is 36.7 Å². The highest BCUT2D eigenvalue weighted by molar-refractivity contribution is 5.90. The van der Waals surface area contributed by atoms with Crippen molar-refractivity contribution < 1.29 is 14.3 Å². The number of carboxylic acid groups (broad SMARTS) is 1. The van der Waals surface area contributed by atoms with Crippen molar-refractivity contribution in [3.8, 4) is 22.5 Å². The lowest BCUT2D eigenvalue weighted by Crippen LogP contribution is -2.06. The van der Waals surface area contributed by atoms with Gasteiger partial charge < -0.3 is 15.0 Å². The average Bonchev–Trinajstić information content (AvgIpc) is 3.00. The summed E-state index contributed by atoms with van der Waals surface area (Å²) < 4.78 is 15.5. The van der Waals surface area contributed by atoms with E-state index in [0.29, 0.717) is 34.9 Å². The summed E-state index contributed by atoms with van der Waals surface area (Å²) in [6, 6.07) is 7.45. The zero-order chi connectivity index (χ0) is 18.0. The third kappa shape index (κ3) is 3.32. The van der Waals surface area contributed by atoms with Crippen LogP contribution in [0.25, 0.3) is 22.5 Å². The van der Waals surface area contributed by atoms with Crippen molar-refractivity contribution >= 4 is 11.8 Å². The van der Waals surface area contributed by atoms with Crippen LogP contribution in [0, 0.1) is 5.82 Å². The first kappa shape index (κ1) is 16.6. The summed E-state index contributed by atoms with van der Waals surface area (Å²) in [6.07, 6.45) is 1.52. The Bertz CT molecular complexity index is 939. The van der Waals surface area contributed by atoms with Gasteiger partial charge in [0.05, 0.1) is 0 Å². The number of carbonyl (C=O) groups is 1. The van der Waals surface area contributed by atoms with Crippen molar-refractivity contribution in [1.82, 2.24) is 19.7 Å². The molecule has 0 radical (unpaired) electrons. The Balaban J connectivity index is 2.23. The Labute approximate surface area is 143 Å². The van der Waals surface area contributed by atoms with E-state index < -0.39 is 11.8 Å². The molecule has 0 spiro atoms. The van der Waals surface area contributed by atoms with Gasteiger partial charge in [0.25, 0.3) is 0 Å². The average molecular weight is 341 g/mol. The first-order chi connectivity index (χ1) is 12.0. The summed E-state index contributed by atoms with van der Waals surface area (Å²) in [5.41, 5.74) is 1.66. The number of carboxylic acids is 1. The molecule has 0 aliphatic heterocycles. The molecule has 0 unspecified atom stereocenters. The molecule has 0 atom stereocenters. The molecule has 3 aromatic rings. The smallest absolute Gasteiger partial charge is 0.354 e. The van der Waals surface area contributed by atoms with Gasteiger partial charge in [0, 0.05) is 19.2 Å². The number of hydrogen-bond acceptors (Lipinski definition) is 5. The fourth-order valence-electron chi connectivity index (χ4n) is 2.55. The van der Waals surface area contributed by atoms with Gasteiger partial charge in [-0.05, 0) is 42.3 Å². The zero-order valence-corrected chi connectivity index (χ0v) is 13.7. The van der Waals surface area contributed by atoms with Crippen LogP contribution >= 0.6 is 0 Å². The molecule has 0 saturated carbocycles. The van der Waals surface area contributed by atoms with Gasteiger partial charge >= 0.3 is 5.97 Å². The molecule has 0 fully saturated rings.